The second kappa shape index (κ2) is 8.16. The van der Waals surface area contributed by atoms with Gasteiger partial charge in [-0.15, -0.1) is 0 Å². The molecule has 1 aliphatic rings. The molecular formula is C23H24N4O2S. The van der Waals surface area contributed by atoms with Gasteiger partial charge in [-0.2, -0.15) is 0 Å². The van der Waals surface area contributed by atoms with E-state index in [1.807, 2.05) is 24.5 Å². The molecule has 4 aromatic rings. The molecule has 0 aliphatic heterocycles. The number of aliphatic hydroxyl groups is 1. The van der Waals surface area contributed by atoms with Crippen LogP contribution in [-0.2, 0) is 17.8 Å². The summed E-state index contributed by atoms with van der Waals surface area (Å²) in [4.78, 5) is 20.0. The molecular weight excluding hydrogens is 396 g/mol. The van der Waals surface area contributed by atoms with Crippen molar-refractivity contribution in [2.45, 2.75) is 50.8 Å². The van der Waals surface area contributed by atoms with Crippen molar-refractivity contribution in [3.63, 3.8) is 0 Å². The van der Waals surface area contributed by atoms with Gasteiger partial charge in [-0.05, 0) is 48.2 Å². The third-order valence-corrected chi connectivity index (χ3v) is 6.80. The maximum absolute atomic E-state index is 10.8. The summed E-state index contributed by atoms with van der Waals surface area (Å²) in [6, 6.07) is 12.4. The molecule has 2 aromatic heterocycles. The molecule has 1 saturated carbocycles. The zero-order chi connectivity index (χ0) is 20.5. The van der Waals surface area contributed by atoms with E-state index >= 15 is 0 Å². The summed E-state index contributed by atoms with van der Waals surface area (Å²) in [6.07, 6.45) is 7.00. The average molecular weight is 421 g/mol. The fraction of sp³-hybridized carbons (Fsp3) is 0.348. The van der Waals surface area contributed by atoms with Gasteiger partial charge < -0.3 is 19.8 Å². The van der Waals surface area contributed by atoms with Crippen LogP contribution in [0.25, 0.3) is 21.3 Å². The van der Waals surface area contributed by atoms with Crippen LogP contribution in [0.5, 0.6) is 0 Å². The van der Waals surface area contributed by atoms with Gasteiger partial charge in [0.05, 0.1) is 39.7 Å². The SMILES string of the molecule is O=CCc1ccc2ncn(Cc3ccc4nc(N[C@@H]5CCCC[C@H]5O)sc4c3)c2c1. The van der Waals surface area contributed by atoms with Gasteiger partial charge >= 0.3 is 0 Å². The van der Waals surface area contributed by atoms with Crippen LogP contribution in [-0.4, -0.2) is 38.1 Å². The molecule has 1 aliphatic carbocycles. The van der Waals surface area contributed by atoms with Crippen LogP contribution < -0.4 is 5.32 Å². The van der Waals surface area contributed by atoms with Crippen LogP contribution in [0.4, 0.5) is 5.13 Å². The molecule has 2 heterocycles. The lowest BCUT2D eigenvalue weighted by Gasteiger charge is -2.27. The Labute approximate surface area is 178 Å². The van der Waals surface area contributed by atoms with Crippen LogP contribution >= 0.6 is 11.3 Å². The van der Waals surface area contributed by atoms with Crippen molar-refractivity contribution in [1.82, 2.24) is 14.5 Å². The number of thiazole rings is 1. The largest absolute Gasteiger partial charge is 0.391 e. The Kier molecular flexibility index (Phi) is 5.23. The first kappa shape index (κ1) is 19.2. The molecule has 2 atom stereocenters. The van der Waals surface area contributed by atoms with E-state index in [2.05, 4.69) is 33.1 Å². The van der Waals surface area contributed by atoms with Crippen molar-refractivity contribution in [1.29, 1.82) is 0 Å². The van der Waals surface area contributed by atoms with Crippen LogP contribution in [0, 0.1) is 0 Å². The molecule has 7 heteroatoms. The summed E-state index contributed by atoms with van der Waals surface area (Å²) in [5.74, 6) is 0. The number of anilines is 1. The maximum Gasteiger partial charge on any atom is 0.184 e. The molecule has 0 radical (unpaired) electrons. The number of hydrogen-bond acceptors (Lipinski definition) is 6. The minimum absolute atomic E-state index is 0.0941. The predicted molar refractivity (Wildman–Crippen MR) is 120 cm³/mol. The number of carbonyl (C=O) groups excluding carboxylic acids is 1. The van der Waals surface area contributed by atoms with Crippen molar-refractivity contribution < 1.29 is 9.90 Å². The lowest BCUT2D eigenvalue weighted by Crippen LogP contribution is -2.36. The number of rotatable bonds is 6. The molecule has 2 N–H and O–H groups in total. The molecule has 30 heavy (non-hydrogen) atoms. The van der Waals surface area contributed by atoms with E-state index in [-0.39, 0.29) is 12.1 Å². The number of carbonyl (C=O) groups is 1. The molecule has 0 bridgehead atoms. The summed E-state index contributed by atoms with van der Waals surface area (Å²) < 4.78 is 3.25. The predicted octanol–water partition coefficient (Wildman–Crippen LogP) is 4.15. The van der Waals surface area contributed by atoms with Gasteiger partial charge in [0.1, 0.15) is 6.29 Å². The minimum Gasteiger partial charge on any atom is -0.391 e. The molecule has 2 aromatic carbocycles. The molecule has 0 amide bonds. The van der Waals surface area contributed by atoms with Gasteiger partial charge in [0.25, 0.3) is 0 Å². The number of imidazole rings is 1. The number of benzene rings is 2. The lowest BCUT2D eigenvalue weighted by atomic mass is 9.93. The van der Waals surface area contributed by atoms with Crippen molar-refractivity contribution in [2.75, 3.05) is 5.32 Å². The van der Waals surface area contributed by atoms with Crippen LogP contribution in [0.2, 0.25) is 0 Å². The molecule has 0 spiro atoms. The Morgan fingerprint density at radius 1 is 1.13 bits per heavy atom. The minimum atomic E-state index is -0.292. The summed E-state index contributed by atoms with van der Waals surface area (Å²) in [7, 11) is 0. The summed E-state index contributed by atoms with van der Waals surface area (Å²) in [5.41, 5.74) is 5.11. The molecule has 0 saturated heterocycles. The van der Waals surface area contributed by atoms with Gasteiger partial charge in [0.2, 0.25) is 0 Å². The van der Waals surface area contributed by atoms with Crippen molar-refractivity contribution in [3.05, 3.63) is 53.9 Å². The third-order valence-electron chi connectivity index (χ3n) is 5.85. The fourth-order valence-corrected chi connectivity index (χ4v) is 5.21. The zero-order valence-corrected chi connectivity index (χ0v) is 17.4. The zero-order valence-electron chi connectivity index (χ0n) is 16.6. The first-order chi connectivity index (χ1) is 14.7. The lowest BCUT2D eigenvalue weighted by molar-refractivity contribution is -0.107. The summed E-state index contributed by atoms with van der Waals surface area (Å²) >= 11 is 1.64. The van der Waals surface area contributed by atoms with E-state index in [0.29, 0.717) is 13.0 Å². The monoisotopic (exact) mass is 420 g/mol. The summed E-state index contributed by atoms with van der Waals surface area (Å²) in [5, 5.41) is 14.5. The van der Waals surface area contributed by atoms with Crippen LogP contribution in [0.1, 0.15) is 36.8 Å². The maximum atomic E-state index is 10.8. The van der Waals surface area contributed by atoms with Gasteiger partial charge in [0.15, 0.2) is 5.13 Å². The van der Waals surface area contributed by atoms with Crippen LogP contribution in [0.3, 0.4) is 0 Å². The molecule has 0 unspecified atom stereocenters. The molecule has 1 fully saturated rings. The standard InChI is InChI=1S/C23H24N4O2S/c28-10-9-15-5-7-17-20(11-15)27(14-24-17)13-16-6-8-19-22(12-16)30-23(26-19)25-18-3-1-2-4-21(18)29/h5-8,10-12,14,18,21,29H,1-4,9,13H2,(H,25,26)/t18-,21-/m1/s1. The van der Waals surface area contributed by atoms with E-state index in [4.69, 9.17) is 4.98 Å². The van der Waals surface area contributed by atoms with E-state index in [0.717, 1.165) is 63.9 Å². The quantitative estimate of drug-likeness (QED) is 0.458. The number of nitrogens with zero attached hydrogens (tertiary/aromatic N) is 3. The second-order valence-corrected chi connectivity index (χ2v) is 9.02. The van der Waals surface area contributed by atoms with E-state index in [1.54, 1.807) is 11.3 Å². The van der Waals surface area contributed by atoms with Gasteiger partial charge in [-0.3, -0.25) is 0 Å². The smallest absolute Gasteiger partial charge is 0.184 e. The van der Waals surface area contributed by atoms with Crippen molar-refractivity contribution in [3.8, 4) is 0 Å². The topological polar surface area (TPSA) is 80.0 Å². The third kappa shape index (κ3) is 3.82. The van der Waals surface area contributed by atoms with E-state index in [9.17, 15) is 9.90 Å². The molecule has 6 nitrogen and oxygen atoms in total. The normalized spacial score (nSPS) is 19.4. The van der Waals surface area contributed by atoms with Crippen molar-refractivity contribution in [2.24, 2.45) is 0 Å². The highest BCUT2D eigenvalue weighted by molar-refractivity contribution is 7.22. The number of fused-ring (bicyclic) bond motifs is 2. The highest BCUT2D eigenvalue weighted by Crippen LogP contribution is 2.30. The molecule has 5 rings (SSSR count). The first-order valence-corrected chi connectivity index (χ1v) is 11.2. The van der Waals surface area contributed by atoms with E-state index in [1.165, 1.54) is 5.56 Å². The van der Waals surface area contributed by atoms with Crippen molar-refractivity contribution >= 4 is 44.0 Å². The fourth-order valence-electron chi connectivity index (χ4n) is 4.22. The Balaban J connectivity index is 1.38. The van der Waals surface area contributed by atoms with Gasteiger partial charge in [0, 0.05) is 13.0 Å². The number of nitrogens with one attached hydrogen (secondary N) is 1. The van der Waals surface area contributed by atoms with Crippen LogP contribution in [0.15, 0.2) is 42.7 Å². The Morgan fingerprint density at radius 3 is 2.83 bits per heavy atom. The van der Waals surface area contributed by atoms with Gasteiger partial charge in [-0.25, -0.2) is 9.97 Å². The highest BCUT2D eigenvalue weighted by atomic mass is 32.1. The number of aliphatic hydroxyl groups excluding tert-OH is 1. The highest BCUT2D eigenvalue weighted by Gasteiger charge is 2.23. The first-order valence-electron chi connectivity index (χ1n) is 10.4. The Bertz CT molecular complexity index is 1200. The number of hydrogen-bond donors (Lipinski definition) is 2. The Morgan fingerprint density at radius 2 is 1.97 bits per heavy atom. The molecule has 154 valence electrons. The summed E-state index contributed by atoms with van der Waals surface area (Å²) in [6.45, 7) is 0.707. The Hall–Kier alpha value is -2.77. The van der Waals surface area contributed by atoms with E-state index < -0.39 is 0 Å². The average Bonchev–Trinajstić information content (AvgIpc) is 3.33. The number of aldehydes is 1. The van der Waals surface area contributed by atoms with Gasteiger partial charge in [-0.1, -0.05) is 36.3 Å². The number of aromatic nitrogens is 3. The second-order valence-electron chi connectivity index (χ2n) is 7.99.